The van der Waals surface area contributed by atoms with E-state index in [1.54, 1.807) is 17.8 Å². The number of nitrogens with one attached hydrogen (secondary N) is 2. The Morgan fingerprint density at radius 3 is 2.84 bits per heavy atom. The number of fused-ring (bicyclic) bond motifs is 1. The van der Waals surface area contributed by atoms with Crippen molar-refractivity contribution in [2.75, 3.05) is 7.11 Å². The maximum absolute atomic E-state index is 12.2. The zero-order valence-corrected chi connectivity index (χ0v) is 13.7. The molecular weight excluding hydrogens is 322 g/mol. The van der Waals surface area contributed by atoms with Gasteiger partial charge in [0.15, 0.2) is 11.5 Å². The lowest BCUT2D eigenvalue weighted by Gasteiger charge is -2.10. The summed E-state index contributed by atoms with van der Waals surface area (Å²) in [5.74, 6) is -0.162. The fourth-order valence-corrected chi connectivity index (χ4v) is 2.24. The third kappa shape index (κ3) is 3.52. The summed E-state index contributed by atoms with van der Waals surface area (Å²) in [5.41, 5.74) is 8.03. The number of para-hydroxylation sites is 1. The van der Waals surface area contributed by atoms with Gasteiger partial charge in [0.2, 0.25) is 0 Å². The minimum absolute atomic E-state index is 0.0267. The van der Waals surface area contributed by atoms with Crippen LogP contribution in [0.25, 0.3) is 17.2 Å². The van der Waals surface area contributed by atoms with E-state index in [1.807, 2.05) is 24.3 Å². The molecule has 2 aromatic carbocycles. The van der Waals surface area contributed by atoms with Crippen molar-refractivity contribution in [3.05, 3.63) is 53.7 Å². The topological polar surface area (TPSA) is 101 Å². The van der Waals surface area contributed by atoms with Crippen molar-refractivity contribution >= 4 is 23.1 Å². The highest BCUT2D eigenvalue weighted by atomic mass is 16.5. The monoisotopic (exact) mass is 339 g/mol. The number of aromatic hydroxyl groups is 1. The molecule has 8 nitrogen and oxygen atoms in total. The van der Waals surface area contributed by atoms with E-state index in [1.165, 1.54) is 25.3 Å². The summed E-state index contributed by atoms with van der Waals surface area (Å²) < 4.78 is 6.61. The highest BCUT2D eigenvalue weighted by molar-refractivity contribution is 5.94. The Kier molecular flexibility index (Phi) is 4.51. The molecule has 0 aliphatic rings. The number of allylic oxidation sites excluding steroid dienone is 1. The van der Waals surface area contributed by atoms with Crippen molar-refractivity contribution in [1.82, 2.24) is 25.8 Å². The molecule has 0 fully saturated rings. The van der Waals surface area contributed by atoms with Gasteiger partial charge >= 0.3 is 0 Å². The summed E-state index contributed by atoms with van der Waals surface area (Å²) in [6.45, 7) is 1.79. The maximum atomic E-state index is 12.2. The number of methoxy groups -OCH3 is 1. The van der Waals surface area contributed by atoms with Crippen LogP contribution in [0.3, 0.4) is 0 Å². The number of carbonyl (C=O) groups is 1. The molecule has 128 valence electrons. The molecule has 1 aromatic heterocycles. The van der Waals surface area contributed by atoms with Crippen LogP contribution in [0.1, 0.15) is 17.3 Å². The molecule has 0 saturated heterocycles. The second-order valence-corrected chi connectivity index (χ2v) is 5.30. The van der Waals surface area contributed by atoms with Gasteiger partial charge in [-0.15, -0.1) is 5.10 Å². The van der Waals surface area contributed by atoms with E-state index >= 15 is 0 Å². The predicted octanol–water partition coefficient (Wildman–Crippen LogP) is 1.90. The Hall–Kier alpha value is -3.55. The van der Waals surface area contributed by atoms with Crippen LogP contribution >= 0.6 is 0 Å². The number of ether oxygens (including phenoxy) is 1. The highest BCUT2D eigenvalue weighted by Gasteiger charge is 2.09. The summed E-state index contributed by atoms with van der Waals surface area (Å²) in [4.78, 5) is 12.2. The van der Waals surface area contributed by atoms with Crippen molar-refractivity contribution in [1.29, 1.82) is 0 Å². The van der Waals surface area contributed by atoms with Gasteiger partial charge in [-0.1, -0.05) is 17.3 Å². The molecule has 3 aromatic rings. The predicted molar refractivity (Wildman–Crippen MR) is 92.7 cm³/mol. The van der Waals surface area contributed by atoms with Crippen molar-refractivity contribution in [3.8, 4) is 11.5 Å². The molecular formula is C17H17N5O3. The van der Waals surface area contributed by atoms with Crippen LogP contribution in [0.5, 0.6) is 11.5 Å². The minimum atomic E-state index is -0.366. The van der Waals surface area contributed by atoms with Gasteiger partial charge in [0.1, 0.15) is 5.52 Å². The van der Waals surface area contributed by atoms with Gasteiger partial charge in [-0.25, -0.2) is 4.68 Å². The summed E-state index contributed by atoms with van der Waals surface area (Å²) >= 11 is 0. The second kappa shape index (κ2) is 6.91. The number of carbonyl (C=O) groups excluding carboxylic acids is 1. The Bertz CT molecular complexity index is 948. The zero-order chi connectivity index (χ0) is 17.8. The largest absolute Gasteiger partial charge is 0.504 e. The quantitative estimate of drug-likeness (QED) is 0.614. The molecule has 8 heteroatoms. The average molecular weight is 339 g/mol. The summed E-state index contributed by atoms with van der Waals surface area (Å²) in [5, 5.41) is 17.7. The van der Waals surface area contributed by atoms with Crippen LogP contribution in [-0.2, 0) is 0 Å². The number of phenolic OH excluding ortho intramolecular Hbond substituents is 1. The molecule has 1 amide bonds. The van der Waals surface area contributed by atoms with Crippen molar-refractivity contribution < 1.29 is 14.6 Å². The molecule has 1 heterocycles. The summed E-state index contributed by atoms with van der Waals surface area (Å²) in [7, 11) is 1.42. The summed E-state index contributed by atoms with van der Waals surface area (Å²) in [6, 6.07) is 11.9. The number of hydrogen-bond acceptors (Lipinski definition) is 6. The third-order valence-corrected chi connectivity index (χ3v) is 3.51. The van der Waals surface area contributed by atoms with E-state index in [2.05, 4.69) is 21.2 Å². The van der Waals surface area contributed by atoms with Crippen LogP contribution in [0.15, 0.2) is 48.2 Å². The normalized spacial score (nSPS) is 11.4. The van der Waals surface area contributed by atoms with E-state index in [0.29, 0.717) is 11.3 Å². The van der Waals surface area contributed by atoms with E-state index in [9.17, 15) is 9.90 Å². The van der Waals surface area contributed by atoms with Crippen LogP contribution in [0.2, 0.25) is 0 Å². The zero-order valence-electron chi connectivity index (χ0n) is 13.7. The maximum Gasteiger partial charge on any atom is 0.269 e. The first-order chi connectivity index (χ1) is 12.1. The second-order valence-electron chi connectivity index (χ2n) is 5.30. The number of nitrogens with zero attached hydrogens (tertiary/aromatic N) is 3. The number of amides is 1. The molecule has 0 radical (unpaired) electrons. The van der Waals surface area contributed by atoms with Crippen molar-refractivity contribution in [2.24, 2.45) is 0 Å². The Balaban J connectivity index is 1.69. The highest BCUT2D eigenvalue weighted by Crippen LogP contribution is 2.26. The van der Waals surface area contributed by atoms with Gasteiger partial charge < -0.3 is 15.3 Å². The fourth-order valence-electron chi connectivity index (χ4n) is 2.24. The van der Waals surface area contributed by atoms with Crippen LogP contribution in [0.4, 0.5) is 0 Å². The number of rotatable bonds is 5. The van der Waals surface area contributed by atoms with Crippen LogP contribution in [-0.4, -0.2) is 33.1 Å². The third-order valence-electron chi connectivity index (χ3n) is 3.51. The van der Waals surface area contributed by atoms with Gasteiger partial charge in [-0.05, 0) is 37.3 Å². The lowest BCUT2D eigenvalue weighted by atomic mass is 10.2. The van der Waals surface area contributed by atoms with Gasteiger partial charge in [-0.3, -0.25) is 10.2 Å². The molecule has 3 rings (SSSR count). The molecule has 3 N–H and O–H groups in total. The molecule has 25 heavy (non-hydrogen) atoms. The Labute approximate surface area is 143 Å². The number of hydrogen-bond donors (Lipinski definition) is 3. The van der Waals surface area contributed by atoms with Crippen LogP contribution in [0, 0.1) is 0 Å². The standard InChI is InChI=1S/C17H17N5O3/c1-11(10-22-14-6-4-3-5-13(14)19-21-22)18-20-17(24)12-7-8-15(23)16(9-12)25-2/h3-10,18,23H,1-2H3,(H,20,24)/b11-10+. The fraction of sp³-hybridized carbons (Fsp3) is 0.118. The van der Waals surface area contributed by atoms with Gasteiger partial charge in [0, 0.05) is 11.3 Å². The number of aromatic nitrogens is 3. The van der Waals surface area contributed by atoms with Crippen LogP contribution < -0.4 is 15.6 Å². The molecule has 0 bridgehead atoms. The van der Waals surface area contributed by atoms with Gasteiger partial charge in [0.05, 0.1) is 18.8 Å². The number of phenols is 1. The lowest BCUT2D eigenvalue weighted by molar-refractivity contribution is 0.0938. The molecule has 0 aliphatic heterocycles. The average Bonchev–Trinajstić information content (AvgIpc) is 3.03. The van der Waals surface area contributed by atoms with Gasteiger partial charge in [-0.2, -0.15) is 0 Å². The Morgan fingerprint density at radius 1 is 1.24 bits per heavy atom. The number of hydrazine groups is 1. The van der Waals surface area contributed by atoms with E-state index < -0.39 is 0 Å². The SMILES string of the molecule is COc1cc(C(=O)NN/C(C)=C/n2nnc3ccccc32)ccc1O. The molecule has 0 saturated carbocycles. The Morgan fingerprint density at radius 2 is 2.04 bits per heavy atom. The molecule has 0 aliphatic carbocycles. The minimum Gasteiger partial charge on any atom is -0.504 e. The first kappa shape index (κ1) is 16.3. The smallest absolute Gasteiger partial charge is 0.269 e. The van der Waals surface area contributed by atoms with Gasteiger partial charge in [0.25, 0.3) is 5.91 Å². The van der Waals surface area contributed by atoms with Crippen molar-refractivity contribution in [3.63, 3.8) is 0 Å². The first-order valence-electron chi connectivity index (χ1n) is 7.50. The lowest BCUT2D eigenvalue weighted by Crippen LogP contribution is -2.36. The number of benzene rings is 2. The molecule has 0 atom stereocenters. The van der Waals surface area contributed by atoms with Crippen molar-refractivity contribution in [2.45, 2.75) is 6.92 Å². The van der Waals surface area contributed by atoms with E-state index in [0.717, 1.165) is 11.0 Å². The molecule has 0 unspecified atom stereocenters. The first-order valence-corrected chi connectivity index (χ1v) is 7.50. The summed E-state index contributed by atoms with van der Waals surface area (Å²) in [6.07, 6.45) is 1.72. The van der Waals surface area contributed by atoms with E-state index in [4.69, 9.17) is 4.74 Å². The van der Waals surface area contributed by atoms with E-state index in [-0.39, 0.29) is 17.4 Å². The molecule has 0 spiro atoms.